The van der Waals surface area contributed by atoms with Crippen molar-refractivity contribution in [1.29, 1.82) is 0 Å². The maximum absolute atomic E-state index is 5.54. The minimum Gasteiger partial charge on any atom is -0.0843 e. The number of unbranched alkanes of at least 4 members (excludes halogenated alkanes) is 2. The first-order chi connectivity index (χ1) is 12.7. The van der Waals surface area contributed by atoms with Gasteiger partial charge in [-0.3, -0.25) is 0 Å². The van der Waals surface area contributed by atoms with E-state index in [1.165, 1.54) is 57.8 Å². The van der Waals surface area contributed by atoms with Crippen LogP contribution in [-0.2, 0) is 21.7 Å². The zero-order valence-corrected chi connectivity index (χ0v) is 19.3. The third kappa shape index (κ3) is 8.82. The molecule has 1 aromatic carbocycles. The molecule has 1 aromatic rings. The fourth-order valence-corrected chi connectivity index (χ4v) is 3.63. The van der Waals surface area contributed by atoms with Gasteiger partial charge in [-0.1, -0.05) is 91.9 Å². The van der Waals surface area contributed by atoms with Crippen LogP contribution in [-0.4, -0.2) is 0 Å². The Labute approximate surface area is 186 Å². The van der Waals surface area contributed by atoms with Crippen molar-refractivity contribution < 1.29 is 21.7 Å². The molecular weight excluding hydrogens is 384 g/mol. The van der Waals surface area contributed by atoms with Gasteiger partial charge in [0.25, 0.3) is 0 Å². The zero-order valence-electron chi connectivity index (χ0n) is 16.9. The normalized spacial score (nSPS) is 15.1. The molecule has 0 amide bonds. The molecule has 0 radical (unpaired) electrons. The van der Waals surface area contributed by atoms with Gasteiger partial charge in [0.05, 0.1) is 0 Å². The second-order valence-corrected chi connectivity index (χ2v) is 7.59. The van der Waals surface area contributed by atoms with Crippen molar-refractivity contribution in [2.75, 3.05) is 0 Å². The van der Waals surface area contributed by atoms with Gasteiger partial charge < -0.3 is 0 Å². The predicted octanol–water partition coefficient (Wildman–Crippen LogP) is 8.61. The van der Waals surface area contributed by atoms with E-state index in [1.54, 1.807) is 22.3 Å². The summed E-state index contributed by atoms with van der Waals surface area (Å²) in [6, 6.07) is 9.44. The number of hydrogen-bond donors (Lipinski definition) is 0. The van der Waals surface area contributed by atoms with Crippen LogP contribution in [0.15, 0.2) is 76.9 Å². The minimum absolute atomic E-state index is 0. The molecule has 2 aliphatic rings. The molecule has 0 spiro atoms. The van der Waals surface area contributed by atoms with Crippen LogP contribution >= 0.6 is 11.6 Å². The Hall–Kier alpha value is -0.816. The van der Waals surface area contributed by atoms with Crippen LogP contribution in [0.2, 0.25) is 5.02 Å². The molecule has 0 bridgehead atoms. The van der Waals surface area contributed by atoms with Crippen LogP contribution < -0.4 is 0 Å². The summed E-state index contributed by atoms with van der Waals surface area (Å²) < 4.78 is 0. The SMILES string of the molecule is CCCCC1=C(CC2=C(CCCC)C=CC2)CC=C1.Clc1ccccc1.[Ti+2]. The van der Waals surface area contributed by atoms with Crippen LogP contribution in [0.1, 0.15) is 71.6 Å². The van der Waals surface area contributed by atoms with Gasteiger partial charge in [0.2, 0.25) is 0 Å². The van der Waals surface area contributed by atoms with Crippen molar-refractivity contribution in [2.24, 2.45) is 0 Å². The minimum atomic E-state index is 0. The third-order valence-corrected chi connectivity index (χ3v) is 5.29. The van der Waals surface area contributed by atoms with E-state index < -0.39 is 0 Å². The largest absolute Gasteiger partial charge is 2.00 e. The van der Waals surface area contributed by atoms with Gasteiger partial charge in [0, 0.05) is 5.02 Å². The Balaban J connectivity index is 0.000000385. The zero-order chi connectivity index (χ0) is 18.6. The van der Waals surface area contributed by atoms with Gasteiger partial charge in [-0.2, -0.15) is 0 Å². The van der Waals surface area contributed by atoms with E-state index in [-0.39, 0.29) is 21.7 Å². The third-order valence-electron chi connectivity index (χ3n) is 5.03. The molecule has 0 unspecified atom stereocenters. The number of allylic oxidation sites excluding steroid dienone is 8. The molecule has 2 heteroatoms. The van der Waals surface area contributed by atoms with E-state index in [4.69, 9.17) is 11.6 Å². The first-order valence-electron chi connectivity index (χ1n) is 10.2. The number of benzene rings is 1. The summed E-state index contributed by atoms with van der Waals surface area (Å²) in [4.78, 5) is 0. The Kier molecular flexibility index (Phi) is 12.8. The molecule has 27 heavy (non-hydrogen) atoms. The van der Waals surface area contributed by atoms with Crippen LogP contribution in [0, 0.1) is 0 Å². The molecular formula is C25H33ClTi+2. The topological polar surface area (TPSA) is 0 Å². The Bertz CT molecular complexity index is 625. The molecule has 0 saturated heterocycles. The Morgan fingerprint density at radius 2 is 1.26 bits per heavy atom. The summed E-state index contributed by atoms with van der Waals surface area (Å²) in [7, 11) is 0. The van der Waals surface area contributed by atoms with E-state index in [0.29, 0.717) is 0 Å². The Morgan fingerprint density at radius 3 is 1.63 bits per heavy atom. The first-order valence-corrected chi connectivity index (χ1v) is 10.6. The summed E-state index contributed by atoms with van der Waals surface area (Å²) >= 11 is 5.54. The van der Waals surface area contributed by atoms with Crippen LogP contribution in [0.5, 0.6) is 0 Å². The van der Waals surface area contributed by atoms with Gasteiger partial charge in [-0.05, 0) is 68.2 Å². The Morgan fingerprint density at radius 1 is 0.778 bits per heavy atom. The van der Waals surface area contributed by atoms with E-state index >= 15 is 0 Å². The van der Waals surface area contributed by atoms with Crippen molar-refractivity contribution in [1.82, 2.24) is 0 Å². The molecule has 0 atom stereocenters. The predicted molar refractivity (Wildman–Crippen MR) is 117 cm³/mol. The fourth-order valence-electron chi connectivity index (χ4n) is 3.48. The van der Waals surface area contributed by atoms with Crippen LogP contribution in [0.3, 0.4) is 0 Å². The first kappa shape index (κ1) is 24.2. The van der Waals surface area contributed by atoms with Gasteiger partial charge in [-0.25, -0.2) is 0 Å². The van der Waals surface area contributed by atoms with Crippen molar-refractivity contribution in [3.05, 3.63) is 82.0 Å². The molecule has 0 aromatic heterocycles. The van der Waals surface area contributed by atoms with Crippen LogP contribution in [0.4, 0.5) is 0 Å². The van der Waals surface area contributed by atoms with Crippen molar-refractivity contribution >= 4 is 11.6 Å². The molecule has 0 aliphatic heterocycles. The molecule has 0 nitrogen and oxygen atoms in total. The summed E-state index contributed by atoms with van der Waals surface area (Å²) in [6.07, 6.45) is 20.9. The van der Waals surface area contributed by atoms with E-state index in [0.717, 1.165) is 5.02 Å². The molecule has 0 N–H and O–H groups in total. The molecule has 0 heterocycles. The smallest absolute Gasteiger partial charge is 0.0843 e. The van der Waals surface area contributed by atoms with Crippen LogP contribution in [0.25, 0.3) is 0 Å². The number of rotatable bonds is 8. The van der Waals surface area contributed by atoms with Gasteiger partial charge in [0.15, 0.2) is 0 Å². The molecule has 142 valence electrons. The quantitative estimate of drug-likeness (QED) is 0.372. The van der Waals surface area contributed by atoms with Crippen molar-refractivity contribution in [2.45, 2.75) is 71.6 Å². The maximum Gasteiger partial charge on any atom is 2.00 e. The summed E-state index contributed by atoms with van der Waals surface area (Å²) in [5, 5.41) is 0.794. The molecule has 0 fully saturated rings. The molecule has 0 saturated carbocycles. The number of hydrogen-bond acceptors (Lipinski definition) is 0. The monoisotopic (exact) mass is 416 g/mol. The second kappa shape index (κ2) is 14.2. The van der Waals surface area contributed by atoms with Gasteiger partial charge in [0.1, 0.15) is 0 Å². The average molecular weight is 417 g/mol. The molecule has 2 aliphatic carbocycles. The van der Waals surface area contributed by atoms with Crippen molar-refractivity contribution in [3.8, 4) is 0 Å². The maximum atomic E-state index is 5.54. The fraction of sp³-hybridized carbons (Fsp3) is 0.440. The van der Waals surface area contributed by atoms with Crippen molar-refractivity contribution in [3.63, 3.8) is 0 Å². The van der Waals surface area contributed by atoms with E-state index in [9.17, 15) is 0 Å². The summed E-state index contributed by atoms with van der Waals surface area (Å²) in [5.41, 5.74) is 6.66. The standard InChI is InChI=1S/C19H28.C6H5Cl.Ti/c1-3-5-9-16-11-7-13-18(16)15-19-14-8-12-17(19)10-6-4-2;7-6-4-2-1-3-5-6;/h7-8,11-12H,3-6,9-10,13-15H2,1-2H3;1-5H;/q;;+2. The van der Waals surface area contributed by atoms with Gasteiger partial charge >= 0.3 is 21.7 Å². The van der Waals surface area contributed by atoms with E-state index in [1.807, 2.05) is 30.3 Å². The van der Waals surface area contributed by atoms with Gasteiger partial charge in [-0.15, -0.1) is 0 Å². The molecule has 3 rings (SSSR count). The number of halogens is 1. The van der Waals surface area contributed by atoms with E-state index in [2.05, 4.69) is 38.2 Å². The average Bonchev–Trinajstić information content (AvgIpc) is 3.29. The summed E-state index contributed by atoms with van der Waals surface area (Å²) in [5.74, 6) is 0. The summed E-state index contributed by atoms with van der Waals surface area (Å²) in [6.45, 7) is 4.57. The second-order valence-electron chi connectivity index (χ2n) is 7.15.